The van der Waals surface area contributed by atoms with Gasteiger partial charge in [-0.15, -0.1) is 23.4 Å². The summed E-state index contributed by atoms with van der Waals surface area (Å²) < 4.78 is 6.17. The minimum atomic E-state index is 0.502. The number of rotatable bonds is 8. The Labute approximate surface area is 193 Å². The van der Waals surface area contributed by atoms with Crippen LogP contribution in [0.15, 0.2) is 90.4 Å². The van der Waals surface area contributed by atoms with Crippen LogP contribution in [0.2, 0.25) is 0 Å². The number of anilines is 1. The summed E-state index contributed by atoms with van der Waals surface area (Å²) in [6.45, 7) is 11.3. The number of aryl methyl sites for hydroxylation is 1. The van der Waals surface area contributed by atoms with E-state index in [0.717, 1.165) is 47.4 Å². The van der Waals surface area contributed by atoms with E-state index in [-0.39, 0.29) is 0 Å². The number of hydrogen-bond donors (Lipinski definition) is 1. The maximum Gasteiger partial charge on any atom is 0.250 e. The van der Waals surface area contributed by atoms with Gasteiger partial charge in [-0.1, -0.05) is 37.3 Å². The van der Waals surface area contributed by atoms with E-state index in [1.54, 1.807) is 0 Å². The lowest BCUT2D eigenvalue weighted by molar-refractivity contribution is 0.585. The summed E-state index contributed by atoms with van der Waals surface area (Å²) in [6.07, 6.45) is 4.70. The van der Waals surface area contributed by atoms with Crippen molar-refractivity contribution in [1.29, 1.82) is 0 Å². The van der Waals surface area contributed by atoms with Crippen LogP contribution >= 0.6 is 0 Å². The lowest BCUT2D eigenvalue weighted by Gasteiger charge is -2.21. The molecule has 33 heavy (non-hydrogen) atoms. The highest BCUT2D eigenvalue weighted by molar-refractivity contribution is 6.11. The first kappa shape index (κ1) is 20.8. The quantitative estimate of drug-likeness (QED) is 0.274. The molecular formula is C28H26N4O. The van der Waals surface area contributed by atoms with Gasteiger partial charge < -0.3 is 14.3 Å². The summed E-state index contributed by atoms with van der Waals surface area (Å²) in [7, 11) is 0. The largest absolute Gasteiger partial charge is 0.416 e. The Balaban J connectivity index is 1.53. The number of nitrogens with zero attached hydrogens (tertiary/aromatic N) is 3. The normalized spacial score (nSPS) is 11.2. The molecule has 2 aromatic heterocycles. The molecule has 5 nitrogen and oxygen atoms in total. The smallest absolute Gasteiger partial charge is 0.250 e. The number of aromatic nitrogens is 3. The van der Waals surface area contributed by atoms with E-state index in [0.29, 0.717) is 11.8 Å². The molecule has 0 saturated heterocycles. The third kappa shape index (κ3) is 3.82. The van der Waals surface area contributed by atoms with Crippen molar-refractivity contribution in [3.8, 4) is 22.9 Å². The Kier molecular flexibility index (Phi) is 5.53. The van der Waals surface area contributed by atoms with E-state index in [1.807, 2.05) is 30.4 Å². The SMILES string of the molecule is C=CCN(CC=C)c1ccc(-c2nnc(-c3cc(CC)cc4c3[nH]c3ccccc34)o2)cc1. The molecule has 0 aliphatic rings. The minimum absolute atomic E-state index is 0.502. The Hall–Kier alpha value is -4.12. The molecule has 0 aliphatic heterocycles. The van der Waals surface area contributed by atoms with Gasteiger partial charge in [0.15, 0.2) is 0 Å². The molecule has 5 aromatic rings. The van der Waals surface area contributed by atoms with Crippen LogP contribution in [0.1, 0.15) is 12.5 Å². The van der Waals surface area contributed by atoms with E-state index in [2.05, 4.69) is 82.6 Å². The first-order valence-corrected chi connectivity index (χ1v) is 11.2. The highest BCUT2D eigenvalue weighted by Crippen LogP contribution is 2.35. The molecule has 3 aromatic carbocycles. The van der Waals surface area contributed by atoms with Gasteiger partial charge in [0.25, 0.3) is 0 Å². The fourth-order valence-corrected chi connectivity index (χ4v) is 4.24. The molecule has 0 unspecified atom stereocenters. The van der Waals surface area contributed by atoms with E-state index in [4.69, 9.17) is 4.42 Å². The summed E-state index contributed by atoms with van der Waals surface area (Å²) >= 11 is 0. The molecule has 5 rings (SSSR count). The third-order valence-electron chi connectivity index (χ3n) is 5.92. The highest BCUT2D eigenvalue weighted by atomic mass is 16.4. The topological polar surface area (TPSA) is 58.0 Å². The number of nitrogens with one attached hydrogen (secondary N) is 1. The molecule has 0 radical (unpaired) electrons. The summed E-state index contributed by atoms with van der Waals surface area (Å²) in [4.78, 5) is 5.73. The molecule has 1 N–H and O–H groups in total. The summed E-state index contributed by atoms with van der Waals surface area (Å²) in [6, 6.07) is 20.8. The van der Waals surface area contributed by atoms with Crippen LogP contribution in [0.5, 0.6) is 0 Å². The Bertz CT molecular complexity index is 1430. The molecule has 5 heteroatoms. The summed E-state index contributed by atoms with van der Waals surface area (Å²) in [5.74, 6) is 1.02. The Morgan fingerprint density at radius 1 is 0.909 bits per heavy atom. The molecular weight excluding hydrogens is 408 g/mol. The number of benzene rings is 3. The molecule has 0 bridgehead atoms. The molecule has 0 aliphatic carbocycles. The highest BCUT2D eigenvalue weighted by Gasteiger charge is 2.17. The summed E-state index contributed by atoms with van der Waals surface area (Å²) in [5, 5.41) is 11.1. The van der Waals surface area contributed by atoms with Crippen molar-refractivity contribution in [2.45, 2.75) is 13.3 Å². The Morgan fingerprint density at radius 2 is 1.64 bits per heavy atom. The number of para-hydroxylation sites is 1. The van der Waals surface area contributed by atoms with E-state index >= 15 is 0 Å². The predicted octanol–water partition coefficient (Wildman–Crippen LogP) is 6.78. The van der Waals surface area contributed by atoms with Gasteiger partial charge in [0.1, 0.15) is 0 Å². The van der Waals surface area contributed by atoms with Gasteiger partial charge in [0, 0.05) is 40.6 Å². The van der Waals surface area contributed by atoms with Crippen LogP contribution in [-0.4, -0.2) is 28.3 Å². The third-order valence-corrected chi connectivity index (χ3v) is 5.92. The van der Waals surface area contributed by atoms with Gasteiger partial charge >= 0.3 is 0 Å². The van der Waals surface area contributed by atoms with Crippen molar-refractivity contribution in [3.05, 3.63) is 91.5 Å². The van der Waals surface area contributed by atoms with Gasteiger partial charge in [0.05, 0.1) is 11.1 Å². The van der Waals surface area contributed by atoms with E-state index in [1.165, 1.54) is 16.3 Å². The van der Waals surface area contributed by atoms with Crippen LogP contribution in [0.4, 0.5) is 5.69 Å². The number of fused-ring (bicyclic) bond motifs is 3. The predicted molar refractivity (Wildman–Crippen MR) is 137 cm³/mol. The van der Waals surface area contributed by atoms with Crippen LogP contribution in [-0.2, 0) is 6.42 Å². The van der Waals surface area contributed by atoms with Gasteiger partial charge in [-0.2, -0.15) is 0 Å². The molecule has 2 heterocycles. The number of aromatic amines is 1. The van der Waals surface area contributed by atoms with Crippen LogP contribution in [0.3, 0.4) is 0 Å². The average Bonchev–Trinajstić information content (AvgIpc) is 3.49. The zero-order valence-corrected chi connectivity index (χ0v) is 18.7. The monoisotopic (exact) mass is 434 g/mol. The van der Waals surface area contributed by atoms with Gasteiger partial charge in [-0.3, -0.25) is 0 Å². The zero-order valence-electron chi connectivity index (χ0n) is 18.7. The second-order valence-electron chi connectivity index (χ2n) is 8.03. The molecule has 0 spiro atoms. The van der Waals surface area contributed by atoms with Crippen molar-refractivity contribution in [3.63, 3.8) is 0 Å². The van der Waals surface area contributed by atoms with Crippen molar-refractivity contribution >= 4 is 27.5 Å². The fraction of sp³-hybridized carbons (Fsp3) is 0.143. The Morgan fingerprint density at radius 3 is 2.36 bits per heavy atom. The molecule has 0 fully saturated rings. The molecule has 0 saturated carbocycles. The zero-order chi connectivity index (χ0) is 22.8. The van der Waals surface area contributed by atoms with Gasteiger partial charge in [-0.05, 0) is 54.4 Å². The van der Waals surface area contributed by atoms with Crippen LogP contribution < -0.4 is 4.90 Å². The second kappa shape index (κ2) is 8.79. The van der Waals surface area contributed by atoms with Crippen LogP contribution in [0, 0.1) is 0 Å². The van der Waals surface area contributed by atoms with Crippen molar-refractivity contribution in [2.75, 3.05) is 18.0 Å². The molecule has 164 valence electrons. The number of hydrogen-bond acceptors (Lipinski definition) is 4. The second-order valence-corrected chi connectivity index (χ2v) is 8.03. The van der Waals surface area contributed by atoms with Crippen LogP contribution in [0.25, 0.3) is 44.7 Å². The lowest BCUT2D eigenvalue weighted by Crippen LogP contribution is -2.22. The van der Waals surface area contributed by atoms with Gasteiger partial charge in [0.2, 0.25) is 11.8 Å². The van der Waals surface area contributed by atoms with Gasteiger partial charge in [-0.25, -0.2) is 0 Å². The fourth-order valence-electron chi connectivity index (χ4n) is 4.24. The van der Waals surface area contributed by atoms with Crippen molar-refractivity contribution in [2.24, 2.45) is 0 Å². The minimum Gasteiger partial charge on any atom is -0.416 e. The lowest BCUT2D eigenvalue weighted by atomic mass is 10.0. The molecule has 0 atom stereocenters. The first-order chi connectivity index (χ1) is 16.2. The average molecular weight is 435 g/mol. The molecule has 0 amide bonds. The first-order valence-electron chi connectivity index (χ1n) is 11.2. The van der Waals surface area contributed by atoms with Crippen molar-refractivity contribution in [1.82, 2.24) is 15.2 Å². The standard InChI is InChI=1S/C28H26N4O/c1-4-15-32(16-5-2)21-13-11-20(12-14-21)27-30-31-28(33-27)24-18-19(6-3)17-23-22-9-7-8-10-25(22)29-26(23)24/h4-5,7-14,17-18,29H,1-2,6,15-16H2,3H3. The summed E-state index contributed by atoms with van der Waals surface area (Å²) in [5.41, 5.74) is 6.25. The maximum absolute atomic E-state index is 6.17. The van der Waals surface area contributed by atoms with E-state index < -0.39 is 0 Å². The maximum atomic E-state index is 6.17. The van der Waals surface area contributed by atoms with Crippen molar-refractivity contribution < 1.29 is 4.42 Å². The number of H-pyrrole nitrogens is 1. The van der Waals surface area contributed by atoms with E-state index in [9.17, 15) is 0 Å².